The number of aromatic amines is 1. The van der Waals surface area contributed by atoms with E-state index in [1.54, 1.807) is 27.0 Å². The molecule has 0 fully saturated rings. The number of hydrogen-bond donors (Lipinski definition) is 3. The van der Waals surface area contributed by atoms with Crippen molar-refractivity contribution in [1.29, 1.82) is 0 Å². The molecular formula is C28H33N3O8. The number of para-hydroxylation sites is 1. The van der Waals surface area contributed by atoms with Gasteiger partial charge in [0, 0.05) is 23.5 Å². The third-order valence-electron chi connectivity index (χ3n) is 5.38. The van der Waals surface area contributed by atoms with E-state index >= 15 is 0 Å². The fraction of sp³-hybridized carbons (Fsp3) is 0.357. The Labute approximate surface area is 226 Å². The molecular weight excluding hydrogens is 506 g/mol. The first-order valence-electron chi connectivity index (χ1n) is 12.4. The number of H-pyrrole nitrogens is 1. The van der Waals surface area contributed by atoms with Crippen LogP contribution in [0.3, 0.4) is 0 Å². The van der Waals surface area contributed by atoms with Crippen LogP contribution >= 0.6 is 0 Å². The highest BCUT2D eigenvalue weighted by molar-refractivity contribution is 5.86. The van der Waals surface area contributed by atoms with Gasteiger partial charge in [-0.15, -0.1) is 0 Å². The van der Waals surface area contributed by atoms with E-state index in [-0.39, 0.29) is 13.0 Å². The van der Waals surface area contributed by atoms with Gasteiger partial charge in [-0.25, -0.2) is 19.2 Å². The van der Waals surface area contributed by atoms with Gasteiger partial charge in [-0.1, -0.05) is 48.5 Å². The monoisotopic (exact) mass is 539 g/mol. The number of rotatable bonds is 10. The van der Waals surface area contributed by atoms with Crippen LogP contribution in [0.5, 0.6) is 0 Å². The van der Waals surface area contributed by atoms with Crippen LogP contribution in [-0.2, 0) is 41.6 Å². The lowest BCUT2D eigenvalue weighted by molar-refractivity contribution is -0.154. The molecule has 0 saturated carbocycles. The van der Waals surface area contributed by atoms with Crippen LogP contribution < -0.4 is 10.6 Å². The molecule has 2 amide bonds. The minimum atomic E-state index is -1.08. The highest BCUT2D eigenvalue weighted by Crippen LogP contribution is 2.19. The van der Waals surface area contributed by atoms with Gasteiger partial charge in [0.15, 0.2) is 0 Å². The maximum absolute atomic E-state index is 12.9. The second-order valence-corrected chi connectivity index (χ2v) is 9.73. The first kappa shape index (κ1) is 29.0. The van der Waals surface area contributed by atoms with E-state index in [9.17, 15) is 19.2 Å². The summed E-state index contributed by atoms with van der Waals surface area (Å²) < 4.78 is 20.4. The summed E-state index contributed by atoms with van der Waals surface area (Å²) in [7, 11) is 0. The molecule has 2 atom stereocenters. The smallest absolute Gasteiger partial charge is 0.410 e. The molecule has 208 valence electrons. The highest BCUT2D eigenvalue weighted by atomic mass is 16.7. The van der Waals surface area contributed by atoms with E-state index in [4.69, 9.17) is 18.9 Å². The molecule has 3 N–H and O–H groups in total. The van der Waals surface area contributed by atoms with Gasteiger partial charge < -0.3 is 34.6 Å². The summed E-state index contributed by atoms with van der Waals surface area (Å²) in [4.78, 5) is 52.5. The molecule has 0 radical (unpaired) electrons. The van der Waals surface area contributed by atoms with Crippen molar-refractivity contribution in [3.8, 4) is 0 Å². The van der Waals surface area contributed by atoms with Crippen molar-refractivity contribution in [2.24, 2.45) is 0 Å². The molecule has 0 spiro atoms. The first-order valence-corrected chi connectivity index (χ1v) is 12.4. The normalized spacial score (nSPS) is 12.6. The van der Waals surface area contributed by atoms with Crippen molar-refractivity contribution >= 4 is 35.0 Å². The Kier molecular flexibility index (Phi) is 9.91. The van der Waals surface area contributed by atoms with Gasteiger partial charge in [0.05, 0.1) is 0 Å². The van der Waals surface area contributed by atoms with E-state index in [0.717, 1.165) is 22.0 Å². The molecule has 0 unspecified atom stereocenters. The van der Waals surface area contributed by atoms with Crippen LogP contribution in [0.1, 0.15) is 38.8 Å². The molecule has 3 rings (SSSR count). The fourth-order valence-electron chi connectivity index (χ4n) is 3.54. The van der Waals surface area contributed by atoms with Gasteiger partial charge in [-0.2, -0.15) is 0 Å². The number of benzene rings is 2. The number of hydrogen-bond acceptors (Lipinski definition) is 8. The summed E-state index contributed by atoms with van der Waals surface area (Å²) in [6.45, 7) is 5.75. The van der Waals surface area contributed by atoms with Gasteiger partial charge in [-0.3, -0.25) is 0 Å². The summed E-state index contributed by atoms with van der Waals surface area (Å²) in [6, 6.07) is 14.6. The standard InChI is InChI=1S/C28H33N3O8/c1-18(30-27(35)39-28(2,3)4)24(32)37-17-38-26(34)31-23(25(33)36-16-19-10-6-5-7-11-19)14-20-15-29-22-13-9-8-12-21(20)22/h5-13,15,18,23,29H,14,16-17H2,1-4H3,(H,30,35)(H,31,34)/t18-,23-/m0/s1. The number of alkyl carbamates (subject to hydrolysis) is 2. The lowest BCUT2D eigenvalue weighted by atomic mass is 10.1. The zero-order valence-corrected chi connectivity index (χ0v) is 22.3. The largest absolute Gasteiger partial charge is 0.459 e. The lowest BCUT2D eigenvalue weighted by Crippen LogP contribution is -2.44. The molecule has 0 aliphatic rings. The van der Waals surface area contributed by atoms with Gasteiger partial charge in [-0.05, 0) is 44.9 Å². The maximum Gasteiger partial charge on any atom is 0.410 e. The summed E-state index contributed by atoms with van der Waals surface area (Å²) >= 11 is 0. The average Bonchev–Trinajstić information content (AvgIpc) is 3.29. The Bertz CT molecular complexity index is 1280. The summed E-state index contributed by atoms with van der Waals surface area (Å²) in [5, 5.41) is 5.72. The van der Waals surface area contributed by atoms with Crippen LogP contribution in [-0.4, -0.2) is 53.6 Å². The van der Waals surface area contributed by atoms with Crippen molar-refractivity contribution < 1.29 is 38.1 Å². The first-order chi connectivity index (χ1) is 18.5. The van der Waals surface area contributed by atoms with E-state index in [0.29, 0.717) is 0 Å². The molecule has 11 nitrogen and oxygen atoms in total. The number of fused-ring (bicyclic) bond motifs is 1. The topological polar surface area (TPSA) is 145 Å². The van der Waals surface area contributed by atoms with Crippen LogP contribution in [0.4, 0.5) is 9.59 Å². The number of amides is 2. The Balaban J connectivity index is 1.56. The zero-order chi connectivity index (χ0) is 28.4. The number of ether oxygens (including phenoxy) is 4. The number of carbonyl (C=O) groups is 4. The van der Waals surface area contributed by atoms with Gasteiger partial charge in [0.1, 0.15) is 24.3 Å². The van der Waals surface area contributed by atoms with Crippen molar-refractivity contribution in [2.45, 2.75) is 58.4 Å². The van der Waals surface area contributed by atoms with E-state index < -0.39 is 48.6 Å². The van der Waals surface area contributed by atoms with Crippen LogP contribution in [0.25, 0.3) is 10.9 Å². The molecule has 39 heavy (non-hydrogen) atoms. The maximum atomic E-state index is 12.9. The number of aromatic nitrogens is 1. The van der Waals surface area contributed by atoms with E-state index in [1.165, 1.54) is 6.92 Å². The highest BCUT2D eigenvalue weighted by Gasteiger charge is 2.26. The number of carbonyl (C=O) groups excluding carboxylic acids is 4. The predicted octanol–water partition coefficient (Wildman–Crippen LogP) is 3.96. The SMILES string of the molecule is C[C@H](NC(=O)OC(C)(C)C)C(=O)OCOC(=O)N[C@@H](Cc1c[nH]c2ccccc12)C(=O)OCc1ccccc1. The number of esters is 2. The van der Waals surface area contributed by atoms with Crippen molar-refractivity contribution in [3.63, 3.8) is 0 Å². The molecule has 0 aliphatic carbocycles. The lowest BCUT2D eigenvalue weighted by Gasteiger charge is -2.21. The molecule has 3 aromatic rings. The van der Waals surface area contributed by atoms with Gasteiger partial charge in [0.25, 0.3) is 0 Å². The molecule has 1 aromatic heterocycles. The Hall–Kier alpha value is -4.54. The van der Waals surface area contributed by atoms with Crippen LogP contribution in [0.2, 0.25) is 0 Å². The summed E-state index contributed by atoms with van der Waals surface area (Å²) in [6.07, 6.45) is 0.108. The minimum Gasteiger partial charge on any atom is -0.459 e. The van der Waals surface area contributed by atoms with Crippen molar-refractivity contribution in [2.75, 3.05) is 6.79 Å². The second kappa shape index (κ2) is 13.3. The molecule has 0 saturated heterocycles. The van der Waals surface area contributed by atoms with Crippen molar-refractivity contribution in [1.82, 2.24) is 15.6 Å². The van der Waals surface area contributed by atoms with E-state index in [1.807, 2.05) is 54.6 Å². The van der Waals surface area contributed by atoms with Gasteiger partial charge >= 0.3 is 24.1 Å². The molecule has 0 bridgehead atoms. The quantitative estimate of drug-likeness (QED) is 0.199. The number of nitrogens with one attached hydrogen (secondary N) is 3. The Morgan fingerprint density at radius 2 is 1.54 bits per heavy atom. The molecule has 1 heterocycles. The zero-order valence-electron chi connectivity index (χ0n) is 22.3. The fourth-order valence-corrected chi connectivity index (χ4v) is 3.54. The average molecular weight is 540 g/mol. The molecule has 11 heteroatoms. The Morgan fingerprint density at radius 3 is 2.26 bits per heavy atom. The second-order valence-electron chi connectivity index (χ2n) is 9.73. The summed E-state index contributed by atoms with van der Waals surface area (Å²) in [5.74, 6) is -1.50. The van der Waals surface area contributed by atoms with Crippen molar-refractivity contribution in [3.05, 3.63) is 71.9 Å². The summed E-state index contributed by atoms with van der Waals surface area (Å²) in [5.41, 5.74) is 1.73. The van der Waals surface area contributed by atoms with E-state index in [2.05, 4.69) is 15.6 Å². The molecule has 2 aromatic carbocycles. The third kappa shape index (κ3) is 9.37. The van der Waals surface area contributed by atoms with Crippen LogP contribution in [0, 0.1) is 0 Å². The van der Waals surface area contributed by atoms with Gasteiger partial charge in [0.2, 0.25) is 6.79 Å². The molecule has 0 aliphatic heterocycles. The third-order valence-corrected chi connectivity index (χ3v) is 5.38. The minimum absolute atomic E-state index is 0.0287. The predicted molar refractivity (Wildman–Crippen MR) is 141 cm³/mol. The van der Waals surface area contributed by atoms with Crippen LogP contribution in [0.15, 0.2) is 60.8 Å². The Morgan fingerprint density at radius 1 is 0.846 bits per heavy atom.